The largest absolute Gasteiger partial charge is 0.494 e. The molecule has 0 radical (unpaired) electrons. The van der Waals surface area contributed by atoms with Crippen LogP contribution in [0.2, 0.25) is 0 Å². The summed E-state index contributed by atoms with van der Waals surface area (Å²) >= 11 is 0. The highest BCUT2D eigenvalue weighted by Gasteiger charge is 2.32. The van der Waals surface area contributed by atoms with E-state index in [0.717, 1.165) is 38.9 Å². The first-order valence-corrected chi connectivity index (χ1v) is 14.4. The molecule has 0 aliphatic rings. The van der Waals surface area contributed by atoms with Crippen molar-refractivity contribution in [2.24, 2.45) is 0 Å². The molecule has 0 amide bonds. The van der Waals surface area contributed by atoms with E-state index in [1.165, 1.54) is 0 Å². The molecule has 0 aliphatic heterocycles. The Kier molecular flexibility index (Phi) is 11.2. The van der Waals surface area contributed by atoms with E-state index in [0.29, 0.717) is 51.1 Å². The lowest BCUT2D eigenvalue weighted by atomic mass is 10.3. The maximum atomic E-state index is 6.25. The third-order valence-corrected chi connectivity index (χ3v) is 7.90. The molecule has 0 saturated heterocycles. The van der Waals surface area contributed by atoms with Crippen molar-refractivity contribution in [2.45, 2.75) is 41.5 Å². The summed E-state index contributed by atoms with van der Waals surface area (Å²) in [6.07, 6.45) is 0. The molecular formula is C30H39O6P. The van der Waals surface area contributed by atoms with Crippen molar-refractivity contribution in [3.8, 4) is 34.5 Å². The molecule has 0 heterocycles. The molecule has 3 rings (SSSR count). The summed E-state index contributed by atoms with van der Waals surface area (Å²) in [6.45, 7) is 15.0. The summed E-state index contributed by atoms with van der Waals surface area (Å²) in [5, 5.41) is 3.04. The zero-order chi connectivity index (χ0) is 26.6. The van der Waals surface area contributed by atoms with Gasteiger partial charge in [0.2, 0.25) is 0 Å². The van der Waals surface area contributed by atoms with Crippen molar-refractivity contribution in [3.63, 3.8) is 0 Å². The first kappa shape index (κ1) is 28.5. The Balaban J connectivity index is 2.43. The molecule has 0 N–H and O–H groups in total. The molecule has 200 valence electrons. The average Bonchev–Trinajstić information content (AvgIpc) is 2.88. The van der Waals surface area contributed by atoms with Gasteiger partial charge in [-0.1, -0.05) is 30.3 Å². The van der Waals surface area contributed by atoms with Crippen LogP contribution in [0.15, 0.2) is 54.6 Å². The Hall–Kier alpha value is -3.11. The number of rotatable bonds is 15. The molecule has 3 aromatic rings. The van der Waals surface area contributed by atoms with Gasteiger partial charge in [-0.2, -0.15) is 0 Å². The molecule has 6 nitrogen and oxygen atoms in total. The first-order valence-electron chi connectivity index (χ1n) is 13.1. The Morgan fingerprint density at radius 2 is 0.784 bits per heavy atom. The van der Waals surface area contributed by atoms with Crippen molar-refractivity contribution in [2.75, 3.05) is 39.6 Å². The third-order valence-electron chi connectivity index (χ3n) is 5.31. The van der Waals surface area contributed by atoms with Crippen molar-refractivity contribution in [1.29, 1.82) is 0 Å². The lowest BCUT2D eigenvalue weighted by Gasteiger charge is -2.28. The van der Waals surface area contributed by atoms with Gasteiger partial charge in [-0.05, 0) is 46.8 Å². The van der Waals surface area contributed by atoms with E-state index in [-0.39, 0.29) is 0 Å². The standard InChI is InChI=1S/C30H39O6P/c1-7-31-22-18-25(33-9-3)29(26(19-22)34-10-4)37(24-16-14-13-15-17-24)30-27(35-11-5)20-23(32-8-2)21-28(30)36-12-6/h13-21H,7-12H2,1-6H3. The Morgan fingerprint density at radius 1 is 0.459 bits per heavy atom. The fourth-order valence-corrected chi connectivity index (χ4v) is 6.67. The summed E-state index contributed by atoms with van der Waals surface area (Å²) in [5.41, 5.74) is 0. The topological polar surface area (TPSA) is 55.4 Å². The molecule has 3 aromatic carbocycles. The predicted octanol–water partition coefficient (Wildman–Crippen LogP) is 5.84. The predicted molar refractivity (Wildman–Crippen MR) is 152 cm³/mol. The van der Waals surface area contributed by atoms with Crippen molar-refractivity contribution in [1.82, 2.24) is 0 Å². The highest BCUT2D eigenvalue weighted by molar-refractivity contribution is 7.80. The van der Waals surface area contributed by atoms with Crippen LogP contribution in [0.4, 0.5) is 0 Å². The first-order chi connectivity index (χ1) is 18.1. The number of hydrogen-bond acceptors (Lipinski definition) is 6. The number of hydrogen-bond donors (Lipinski definition) is 0. The van der Waals surface area contributed by atoms with Crippen LogP contribution in [0.1, 0.15) is 41.5 Å². The van der Waals surface area contributed by atoms with Crippen LogP contribution >= 0.6 is 7.92 Å². The van der Waals surface area contributed by atoms with Crippen molar-refractivity contribution >= 4 is 23.8 Å². The zero-order valence-electron chi connectivity index (χ0n) is 22.8. The van der Waals surface area contributed by atoms with Gasteiger partial charge in [0.1, 0.15) is 34.5 Å². The van der Waals surface area contributed by atoms with Crippen LogP contribution in [0, 0.1) is 0 Å². The lowest BCUT2D eigenvalue weighted by molar-refractivity contribution is 0.310. The van der Waals surface area contributed by atoms with E-state index in [9.17, 15) is 0 Å². The second kappa shape index (κ2) is 14.6. The number of ether oxygens (including phenoxy) is 6. The quantitative estimate of drug-likeness (QED) is 0.232. The molecule has 0 spiro atoms. The zero-order valence-corrected chi connectivity index (χ0v) is 23.7. The molecule has 0 unspecified atom stereocenters. The van der Waals surface area contributed by atoms with Crippen LogP contribution in [-0.2, 0) is 0 Å². The Morgan fingerprint density at radius 3 is 1.08 bits per heavy atom. The fraction of sp³-hybridized carbons (Fsp3) is 0.400. The Labute approximate surface area is 222 Å². The fourth-order valence-electron chi connectivity index (χ4n) is 4.07. The van der Waals surface area contributed by atoms with Gasteiger partial charge in [-0.3, -0.25) is 0 Å². The van der Waals surface area contributed by atoms with Gasteiger partial charge in [0, 0.05) is 32.2 Å². The minimum absolute atomic E-state index is 0.506. The number of benzene rings is 3. The molecule has 0 fully saturated rings. The summed E-state index contributed by atoms with van der Waals surface area (Å²) in [6, 6.07) is 18.2. The third kappa shape index (κ3) is 7.01. The summed E-state index contributed by atoms with van der Waals surface area (Å²) in [5.74, 6) is 4.33. The minimum atomic E-state index is -1.23. The van der Waals surface area contributed by atoms with Crippen LogP contribution in [-0.4, -0.2) is 39.6 Å². The maximum Gasteiger partial charge on any atom is 0.135 e. The molecule has 0 bridgehead atoms. The van der Waals surface area contributed by atoms with Crippen molar-refractivity contribution < 1.29 is 28.4 Å². The highest BCUT2D eigenvalue weighted by atomic mass is 31.1. The van der Waals surface area contributed by atoms with Gasteiger partial charge >= 0.3 is 0 Å². The van der Waals surface area contributed by atoms with E-state index in [1.807, 2.05) is 71.9 Å². The van der Waals surface area contributed by atoms with Gasteiger partial charge in [-0.15, -0.1) is 0 Å². The van der Waals surface area contributed by atoms with Crippen LogP contribution in [0.3, 0.4) is 0 Å². The van der Waals surface area contributed by atoms with Gasteiger partial charge in [0.15, 0.2) is 0 Å². The molecule has 0 atom stereocenters. The molecule has 0 aliphatic carbocycles. The van der Waals surface area contributed by atoms with E-state index >= 15 is 0 Å². The smallest absolute Gasteiger partial charge is 0.135 e. The second-order valence-corrected chi connectivity index (χ2v) is 9.89. The molecule has 0 aromatic heterocycles. The molecule has 0 saturated carbocycles. The van der Waals surface area contributed by atoms with Gasteiger partial charge in [0.05, 0.1) is 50.3 Å². The lowest BCUT2D eigenvalue weighted by Crippen LogP contribution is -2.27. The van der Waals surface area contributed by atoms with E-state index in [4.69, 9.17) is 28.4 Å². The SMILES string of the molecule is CCOc1cc(OCC)c(P(c2ccccc2)c2c(OCC)cc(OCC)cc2OCC)c(OCC)c1. The van der Waals surface area contributed by atoms with Gasteiger partial charge in [-0.25, -0.2) is 0 Å². The monoisotopic (exact) mass is 526 g/mol. The van der Waals surface area contributed by atoms with E-state index < -0.39 is 7.92 Å². The molecule has 7 heteroatoms. The van der Waals surface area contributed by atoms with E-state index in [1.54, 1.807) is 0 Å². The average molecular weight is 527 g/mol. The minimum Gasteiger partial charge on any atom is -0.494 e. The van der Waals surface area contributed by atoms with Gasteiger partial charge < -0.3 is 28.4 Å². The van der Waals surface area contributed by atoms with Crippen LogP contribution in [0.25, 0.3) is 0 Å². The summed E-state index contributed by atoms with van der Waals surface area (Å²) in [7, 11) is -1.23. The highest BCUT2D eigenvalue weighted by Crippen LogP contribution is 2.48. The molecule has 37 heavy (non-hydrogen) atoms. The summed E-state index contributed by atoms with van der Waals surface area (Å²) < 4.78 is 36.7. The maximum absolute atomic E-state index is 6.25. The summed E-state index contributed by atoms with van der Waals surface area (Å²) in [4.78, 5) is 0. The second-order valence-electron chi connectivity index (χ2n) is 7.81. The van der Waals surface area contributed by atoms with E-state index in [2.05, 4.69) is 24.3 Å². The van der Waals surface area contributed by atoms with Gasteiger partial charge in [0.25, 0.3) is 0 Å². The Bertz CT molecular complexity index is 995. The normalized spacial score (nSPS) is 10.8. The molecular weight excluding hydrogens is 487 g/mol. The van der Waals surface area contributed by atoms with Crippen molar-refractivity contribution in [3.05, 3.63) is 54.6 Å². The van der Waals surface area contributed by atoms with Crippen LogP contribution < -0.4 is 44.3 Å². The van der Waals surface area contributed by atoms with Crippen LogP contribution in [0.5, 0.6) is 34.5 Å².